The van der Waals surface area contributed by atoms with Gasteiger partial charge in [-0.25, -0.2) is 0 Å². The van der Waals surface area contributed by atoms with Gasteiger partial charge in [-0.2, -0.15) is 0 Å². The molecule has 0 aliphatic carbocycles. The Balaban J connectivity index is 1.47. The number of ether oxygens (including phenoxy) is 1. The van der Waals surface area contributed by atoms with Crippen molar-refractivity contribution in [2.75, 3.05) is 50.0 Å². The lowest BCUT2D eigenvalue weighted by atomic mass is 10.1. The van der Waals surface area contributed by atoms with Gasteiger partial charge in [0.1, 0.15) is 5.75 Å². The molecular formula is C22H28ClN3O2. The zero-order valence-electron chi connectivity index (χ0n) is 16.4. The molecule has 3 rings (SSSR count). The second kappa shape index (κ2) is 9.80. The van der Waals surface area contributed by atoms with E-state index in [1.54, 1.807) is 18.2 Å². The fourth-order valence-corrected chi connectivity index (χ4v) is 3.56. The molecule has 28 heavy (non-hydrogen) atoms. The first-order chi connectivity index (χ1) is 13.6. The number of piperazine rings is 1. The van der Waals surface area contributed by atoms with Crippen LogP contribution in [0.3, 0.4) is 0 Å². The molecule has 0 radical (unpaired) electrons. The standard InChI is InChI=1S/C22H28ClN3O2/c1-2-14-28-22-7-6-17(15-20(22)24)21(27)8-9-25-10-12-26(13-11-25)19-5-3-4-18(23)16-19/h3-7,15-16H,2,8-14,24H2,1H3. The van der Waals surface area contributed by atoms with Crippen molar-refractivity contribution in [3.05, 3.63) is 53.1 Å². The molecule has 150 valence electrons. The molecule has 1 aliphatic heterocycles. The van der Waals surface area contributed by atoms with Crippen LogP contribution in [0.1, 0.15) is 30.1 Å². The van der Waals surface area contributed by atoms with Crippen LogP contribution in [-0.4, -0.2) is 50.0 Å². The molecule has 1 saturated heterocycles. The zero-order chi connectivity index (χ0) is 19.9. The van der Waals surface area contributed by atoms with E-state index in [9.17, 15) is 4.79 Å². The maximum Gasteiger partial charge on any atom is 0.164 e. The van der Waals surface area contributed by atoms with Crippen LogP contribution < -0.4 is 15.4 Å². The van der Waals surface area contributed by atoms with Crippen LogP contribution in [0.4, 0.5) is 11.4 Å². The number of carbonyl (C=O) groups excluding carboxylic acids is 1. The Labute approximate surface area is 172 Å². The van der Waals surface area contributed by atoms with Gasteiger partial charge in [0, 0.05) is 55.4 Å². The van der Waals surface area contributed by atoms with Gasteiger partial charge in [0.2, 0.25) is 0 Å². The molecule has 0 saturated carbocycles. The van der Waals surface area contributed by atoms with Crippen LogP contribution in [0.25, 0.3) is 0 Å². The lowest BCUT2D eigenvalue weighted by Gasteiger charge is -2.36. The van der Waals surface area contributed by atoms with Crippen molar-refractivity contribution < 1.29 is 9.53 Å². The van der Waals surface area contributed by atoms with E-state index in [1.165, 1.54) is 0 Å². The molecule has 6 heteroatoms. The van der Waals surface area contributed by atoms with Crippen molar-refractivity contribution in [3.8, 4) is 5.75 Å². The average Bonchev–Trinajstić information content (AvgIpc) is 2.71. The first kappa shape index (κ1) is 20.5. The van der Waals surface area contributed by atoms with Gasteiger partial charge in [0.05, 0.1) is 12.3 Å². The fraction of sp³-hybridized carbons (Fsp3) is 0.409. The molecule has 0 bridgehead atoms. The minimum atomic E-state index is 0.117. The van der Waals surface area contributed by atoms with Crippen molar-refractivity contribution in [1.82, 2.24) is 4.90 Å². The van der Waals surface area contributed by atoms with Crippen molar-refractivity contribution >= 4 is 28.8 Å². The van der Waals surface area contributed by atoms with Gasteiger partial charge in [0.25, 0.3) is 0 Å². The van der Waals surface area contributed by atoms with E-state index in [1.807, 2.05) is 25.1 Å². The van der Waals surface area contributed by atoms with Gasteiger partial charge in [-0.05, 0) is 42.8 Å². The second-order valence-corrected chi connectivity index (χ2v) is 7.52. The molecule has 0 atom stereocenters. The predicted molar refractivity (Wildman–Crippen MR) is 116 cm³/mol. The molecule has 2 aromatic carbocycles. The second-order valence-electron chi connectivity index (χ2n) is 7.08. The number of halogens is 1. The van der Waals surface area contributed by atoms with Crippen molar-refractivity contribution in [2.24, 2.45) is 0 Å². The van der Waals surface area contributed by atoms with E-state index >= 15 is 0 Å². The Morgan fingerprint density at radius 2 is 1.93 bits per heavy atom. The summed E-state index contributed by atoms with van der Waals surface area (Å²) in [6.07, 6.45) is 1.41. The highest BCUT2D eigenvalue weighted by Crippen LogP contribution is 2.24. The zero-order valence-corrected chi connectivity index (χ0v) is 17.1. The minimum Gasteiger partial charge on any atom is -0.491 e. The molecular weight excluding hydrogens is 374 g/mol. The fourth-order valence-electron chi connectivity index (χ4n) is 3.37. The molecule has 5 nitrogen and oxygen atoms in total. The molecule has 1 fully saturated rings. The van der Waals surface area contributed by atoms with Gasteiger partial charge in [-0.15, -0.1) is 0 Å². The number of hydrogen-bond acceptors (Lipinski definition) is 5. The third kappa shape index (κ3) is 5.40. The van der Waals surface area contributed by atoms with Gasteiger partial charge < -0.3 is 15.4 Å². The third-order valence-corrected chi connectivity index (χ3v) is 5.23. The molecule has 1 aliphatic rings. The molecule has 1 heterocycles. The minimum absolute atomic E-state index is 0.117. The Morgan fingerprint density at radius 3 is 2.61 bits per heavy atom. The topological polar surface area (TPSA) is 58.8 Å². The van der Waals surface area contributed by atoms with E-state index in [0.717, 1.165) is 49.9 Å². The van der Waals surface area contributed by atoms with E-state index in [4.69, 9.17) is 22.1 Å². The number of carbonyl (C=O) groups is 1. The van der Waals surface area contributed by atoms with Crippen LogP contribution in [0.5, 0.6) is 5.75 Å². The predicted octanol–water partition coefficient (Wildman–Crippen LogP) is 4.11. The van der Waals surface area contributed by atoms with Crippen LogP contribution in [0.15, 0.2) is 42.5 Å². The number of hydrogen-bond donors (Lipinski definition) is 1. The summed E-state index contributed by atoms with van der Waals surface area (Å²) < 4.78 is 5.57. The number of nitrogens with two attached hydrogens (primary N) is 1. The van der Waals surface area contributed by atoms with Gasteiger partial charge in [-0.3, -0.25) is 9.69 Å². The normalized spacial score (nSPS) is 14.9. The van der Waals surface area contributed by atoms with Crippen LogP contribution >= 0.6 is 11.6 Å². The molecule has 0 amide bonds. The smallest absolute Gasteiger partial charge is 0.164 e. The van der Waals surface area contributed by atoms with Gasteiger partial charge >= 0.3 is 0 Å². The number of Topliss-reactive ketones (excluding diaryl/α,β-unsaturated/α-hetero) is 1. The largest absolute Gasteiger partial charge is 0.491 e. The number of ketones is 1. The summed E-state index contributed by atoms with van der Waals surface area (Å²) in [4.78, 5) is 17.2. The average molecular weight is 402 g/mol. The quantitative estimate of drug-likeness (QED) is 0.533. The summed E-state index contributed by atoms with van der Waals surface area (Å²) >= 11 is 6.09. The molecule has 0 spiro atoms. The maximum atomic E-state index is 12.5. The summed E-state index contributed by atoms with van der Waals surface area (Å²) in [5, 5.41) is 0.760. The van der Waals surface area contributed by atoms with Gasteiger partial charge in [0.15, 0.2) is 5.78 Å². The van der Waals surface area contributed by atoms with Crippen molar-refractivity contribution in [1.29, 1.82) is 0 Å². The molecule has 2 N–H and O–H groups in total. The number of nitrogen functional groups attached to an aromatic ring is 1. The van der Waals surface area contributed by atoms with Crippen molar-refractivity contribution in [3.63, 3.8) is 0 Å². The van der Waals surface area contributed by atoms with Crippen molar-refractivity contribution in [2.45, 2.75) is 19.8 Å². The summed E-state index contributed by atoms with van der Waals surface area (Å²) in [5.41, 5.74) is 8.35. The molecule has 0 unspecified atom stereocenters. The van der Waals surface area contributed by atoms with E-state index < -0.39 is 0 Å². The summed E-state index contributed by atoms with van der Waals surface area (Å²) in [5.74, 6) is 0.765. The molecule has 0 aromatic heterocycles. The highest BCUT2D eigenvalue weighted by atomic mass is 35.5. The number of rotatable bonds is 8. The van der Waals surface area contributed by atoms with Gasteiger partial charge in [-0.1, -0.05) is 24.6 Å². The first-order valence-electron chi connectivity index (χ1n) is 9.85. The molecule has 2 aromatic rings. The monoisotopic (exact) mass is 401 g/mol. The summed E-state index contributed by atoms with van der Waals surface area (Å²) in [7, 11) is 0. The lowest BCUT2D eigenvalue weighted by molar-refractivity contribution is 0.0962. The van der Waals surface area contributed by atoms with Crippen LogP contribution in [0, 0.1) is 0 Å². The maximum absolute atomic E-state index is 12.5. The summed E-state index contributed by atoms with van der Waals surface area (Å²) in [6, 6.07) is 13.3. The number of anilines is 2. The Morgan fingerprint density at radius 1 is 1.14 bits per heavy atom. The Bertz CT molecular complexity index is 804. The third-order valence-electron chi connectivity index (χ3n) is 4.99. The van der Waals surface area contributed by atoms with E-state index in [2.05, 4.69) is 15.9 Å². The Kier molecular flexibility index (Phi) is 7.18. The lowest BCUT2D eigenvalue weighted by Crippen LogP contribution is -2.46. The first-order valence-corrected chi connectivity index (χ1v) is 10.2. The van der Waals surface area contributed by atoms with Crippen LogP contribution in [0.2, 0.25) is 5.02 Å². The Hall–Kier alpha value is -2.24. The number of benzene rings is 2. The van der Waals surface area contributed by atoms with E-state index in [0.29, 0.717) is 30.0 Å². The highest BCUT2D eigenvalue weighted by Gasteiger charge is 2.18. The highest BCUT2D eigenvalue weighted by molar-refractivity contribution is 6.30. The van der Waals surface area contributed by atoms with Crippen LogP contribution in [-0.2, 0) is 0 Å². The number of nitrogens with zero attached hydrogens (tertiary/aromatic N) is 2. The van der Waals surface area contributed by atoms with E-state index in [-0.39, 0.29) is 5.78 Å². The summed E-state index contributed by atoms with van der Waals surface area (Å²) in [6.45, 7) is 7.17. The SMILES string of the molecule is CCCOc1ccc(C(=O)CCN2CCN(c3cccc(Cl)c3)CC2)cc1N.